The van der Waals surface area contributed by atoms with E-state index in [1.54, 1.807) is 29.6 Å². The number of aliphatic hydroxyl groups is 1. The highest BCUT2D eigenvalue weighted by Crippen LogP contribution is 2.50. The average Bonchev–Trinajstić information content (AvgIpc) is 3.32. The molecule has 0 saturated heterocycles. The zero-order chi connectivity index (χ0) is 20.2. The SMILES string of the molecule is OC1(C(F)(F)F)C2COc3ccccc3C2=NN1c1nc(-c2ccccc2)cs1. The van der Waals surface area contributed by atoms with E-state index in [9.17, 15) is 18.3 Å². The van der Waals surface area contributed by atoms with E-state index in [0.29, 0.717) is 22.0 Å². The summed E-state index contributed by atoms with van der Waals surface area (Å²) in [6.45, 7) is -0.334. The lowest BCUT2D eigenvalue weighted by atomic mass is 9.86. The van der Waals surface area contributed by atoms with E-state index in [4.69, 9.17) is 4.74 Å². The molecule has 0 saturated carbocycles. The molecule has 9 heteroatoms. The second-order valence-corrected chi connectivity index (χ2v) is 7.60. The number of hydrazone groups is 1. The Kier molecular flexibility index (Phi) is 3.94. The van der Waals surface area contributed by atoms with Crippen LogP contribution in [-0.4, -0.2) is 34.3 Å². The van der Waals surface area contributed by atoms with Gasteiger partial charge >= 0.3 is 6.18 Å². The molecule has 0 amide bonds. The number of hydrogen-bond donors (Lipinski definition) is 1. The van der Waals surface area contributed by atoms with Crippen molar-refractivity contribution in [1.82, 2.24) is 4.98 Å². The molecule has 3 aromatic rings. The third-order valence-electron chi connectivity index (χ3n) is 5.08. The average molecular weight is 417 g/mol. The fourth-order valence-corrected chi connectivity index (χ4v) is 4.45. The summed E-state index contributed by atoms with van der Waals surface area (Å²) in [6, 6.07) is 15.8. The molecule has 148 valence electrons. The highest BCUT2D eigenvalue weighted by Gasteiger charge is 2.69. The van der Waals surface area contributed by atoms with Gasteiger partial charge in [-0.2, -0.15) is 23.3 Å². The van der Waals surface area contributed by atoms with Crippen molar-refractivity contribution < 1.29 is 23.0 Å². The van der Waals surface area contributed by atoms with Crippen LogP contribution in [0.3, 0.4) is 0 Å². The Bertz CT molecular complexity index is 1100. The maximum atomic E-state index is 14.1. The van der Waals surface area contributed by atoms with Crippen LogP contribution in [-0.2, 0) is 0 Å². The van der Waals surface area contributed by atoms with E-state index in [2.05, 4.69) is 10.1 Å². The predicted octanol–water partition coefficient (Wildman–Crippen LogP) is 4.29. The molecule has 2 aliphatic rings. The van der Waals surface area contributed by atoms with Gasteiger partial charge in [0, 0.05) is 16.5 Å². The highest BCUT2D eigenvalue weighted by molar-refractivity contribution is 7.14. The Labute approximate surface area is 167 Å². The van der Waals surface area contributed by atoms with Crippen LogP contribution in [0.5, 0.6) is 5.75 Å². The van der Waals surface area contributed by atoms with Gasteiger partial charge in [-0.15, -0.1) is 11.3 Å². The third kappa shape index (κ3) is 2.65. The van der Waals surface area contributed by atoms with E-state index >= 15 is 0 Å². The molecule has 0 fully saturated rings. The molecule has 29 heavy (non-hydrogen) atoms. The quantitative estimate of drug-likeness (QED) is 0.676. The standard InChI is InChI=1S/C20H14F3N3O2S/c21-20(22,23)19(27)14-10-28-16-9-5-4-8-13(16)17(14)25-26(19)18-24-15(11-29-18)12-6-2-1-3-7-12/h1-9,11,14,27H,10H2. The molecular formula is C20H14F3N3O2S. The molecule has 1 N–H and O–H groups in total. The van der Waals surface area contributed by atoms with E-state index in [0.717, 1.165) is 16.9 Å². The summed E-state index contributed by atoms with van der Waals surface area (Å²) >= 11 is 0.994. The van der Waals surface area contributed by atoms with Crippen molar-refractivity contribution >= 4 is 22.2 Å². The van der Waals surface area contributed by atoms with Crippen molar-refractivity contribution in [3.05, 3.63) is 65.5 Å². The van der Waals surface area contributed by atoms with Crippen LogP contribution in [0.1, 0.15) is 5.56 Å². The van der Waals surface area contributed by atoms with Gasteiger partial charge in [-0.05, 0) is 12.1 Å². The van der Waals surface area contributed by atoms with Gasteiger partial charge in [0.25, 0.3) is 5.72 Å². The van der Waals surface area contributed by atoms with Crippen molar-refractivity contribution in [2.24, 2.45) is 11.0 Å². The normalized spacial score (nSPS) is 23.2. The number of thiazole rings is 1. The second-order valence-electron chi connectivity index (χ2n) is 6.76. The molecule has 0 aliphatic carbocycles. The number of hydrogen-bond acceptors (Lipinski definition) is 6. The predicted molar refractivity (Wildman–Crippen MR) is 103 cm³/mol. The fourth-order valence-electron chi connectivity index (χ4n) is 3.62. The van der Waals surface area contributed by atoms with Gasteiger partial charge in [0.05, 0.1) is 17.3 Å². The first-order chi connectivity index (χ1) is 13.9. The summed E-state index contributed by atoms with van der Waals surface area (Å²) in [6.07, 6.45) is -4.98. The minimum absolute atomic E-state index is 0.0388. The van der Waals surface area contributed by atoms with Crippen LogP contribution >= 0.6 is 11.3 Å². The van der Waals surface area contributed by atoms with Crippen LogP contribution in [0.15, 0.2) is 65.1 Å². The number of benzene rings is 2. The third-order valence-corrected chi connectivity index (χ3v) is 5.89. The number of anilines is 1. The van der Waals surface area contributed by atoms with Crippen molar-refractivity contribution in [2.75, 3.05) is 11.6 Å². The molecule has 2 unspecified atom stereocenters. The molecule has 0 radical (unpaired) electrons. The maximum Gasteiger partial charge on any atom is 0.439 e. The van der Waals surface area contributed by atoms with E-state index < -0.39 is 17.8 Å². The molecule has 5 nitrogen and oxygen atoms in total. The van der Waals surface area contributed by atoms with Crippen LogP contribution in [0.2, 0.25) is 0 Å². The van der Waals surface area contributed by atoms with Crippen molar-refractivity contribution in [3.8, 4) is 17.0 Å². The number of para-hydroxylation sites is 1. The number of fused-ring (bicyclic) bond motifs is 3. The zero-order valence-corrected chi connectivity index (χ0v) is 15.6. The van der Waals surface area contributed by atoms with Gasteiger partial charge in [0.2, 0.25) is 5.13 Å². The molecule has 3 heterocycles. The molecule has 5 rings (SSSR count). The number of rotatable bonds is 2. The molecule has 2 aromatic carbocycles. The van der Waals surface area contributed by atoms with E-state index in [-0.39, 0.29) is 17.5 Å². The smallest absolute Gasteiger partial charge is 0.439 e. The first-order valence-corrected chi connectivity index (χ1v) is 9.68. The van der Waals surface area contributed by atoms with Gasteiger partial charge in [-0.1, -0.05) is 42.5 Å². The van der Waals surface area contributed by atoms with Gasteiger partial charge in [0.1, 0.15) is 12.4 Å². The molecule has 2 atom stereocenters. The highest BCUT2D eigenvalue weighted by atomic mass is 32.1. The van der Waals surface area contributed by atoms with Crippen LogP contribution in [0, 0.1) is 5.92 Å². The number of aromatic nitrogens is 1. The Morgan fingerprint density at radius 2 is 1.83 bits per heavy atom. The topological polar surface area (TPSA) is 58.0 Å². The van der Waals surface area contributed by atoms with Crippen LogP contribution in [0.25, 0.3) is 11.3 Å². The lowest BCUT2D eigenvalue weighted by Crippen LogP contribution is -2.61. The monoisotopic (exact) mass is 417 g/mol. The van der Waals surface area contributed by atoms with Gasteiger partial charge < -0.3 is 9.84 Å². The molecule has 0 bridgehead atoms. The lowest BCUT2D eigenvalue weighted by Gasteiger charge is -2.38. The van der Waals surface area contributed by atoms with Crippen molar-refractivity contribution in [2.45, 2.75) is 11.9 Å². The number of alkyl halides is 3. The maximum absolute atomic E-state index is 14.1. The Balaban J connectivity index is 1.63. The minimum Gasteiger partial charge on any atom is -0.492 e. The van der Waals surface area contributed by atoms with Crippen LogP contribution < -0.4 is 9.75 Å². The second kappa shape index (κ2) is 6.30. The molecule has 2 aliphatic heterocycles. The summed E-state index contributed by atoms with van der Waals surface area (Å²) in [5, 5.41) is 17.3. The lowest BCUT2D eigenvalue weighted by molar-refractivity contribution is -0.270. The van der Waals surface area contributed by atoms with Gasteiger partial charge in [0.15, 0.2) is 0 Å². The number of ether oxygens (including phenoxy) is 1. The molecular weight excluding hydrogens is 403 g/mol. The summed E-state index contributed by atoms with van der Waals surface area (Å²) in [5.41, 5.74) is -1.39. The summed E-state index contributed by atoms with van der Waals surface area (Å²) < 4.78 is 47.8. The zero-order valence-electron chi connectivity index (χ0n) is 14.8. The van der Waals surface area contributed by atoms with E-state index in [1.807, 2.05) is 30.3 Å². The molecule has 1 aromatic heterocycles. The number of halogens is 3. The Hall–Kier alpha value is -2.91. The van der Waals surface area contributed by atoms with Crippen LogP contribution in [0.4, 0.5) is 18.3 Å². The summed E-state index contributed by atoms with van der Waals surface area (Å²) in [4.78, 5) is 4.32. The Morgan fingerprint density at radius 3 is 2.59 bits per heavy atom. The van der Waals surface area contributed by atoms with E-state index in [1.165, 1.54) is 0 Å². The summed E-state index contributed by atoms with van der Waals surface area (Å²) in [5.74, 6) is -0.945. The summed E-state index contributed by atoms with van der Waals surface area (Å²) in [7, 11) is 0. The largest absolute Gasteiger partial charge is 0.492 e. The van der Waals surface area contributed by atoms with Gasteiger partial charge in [-0.3, -0.25) is 0 Å². The Morgan fingerprint density at radius 1 is 1.10 bits per heavy atom. The van der Waals surface area contributed by atoms with Crippen molar-refractivity contribution in [3.63, 3.8) is 0 Å². The fraction of sp³-hybridized carbons (Fsp3) is 0.200. The first-order valence-electron chi connectivity index (χ1n) is 8.80. The first kappa shape index (κ1) is 18.1. The molecule has 0 spiro atoms. The minimum atomic E-state index is -4.98. The van der Waals surface area contributed by atoms with Gasteiger partial charge in [-0.25, -0.2) is 4.98 Å². The van der Waals surface area contributed by atoms with Crippen molar-refractivity contribution in [1.29, 1.82) is 0 Å². The number of nitrogens with zero attached hydrogens (tertiary/aromatic N) is 3.